The lowest BCUT2D eigenvalue weighted by Crippen LogP contribution is -2.37. The molecule has 0 spiro atoms. The first-order chi connectivity index (χ1) is 8.04. The highest BCUT2D eigenvalue weighted by Crippen LogP contribution is 2.19. The minimum absolute atomic E-state index is 0.0953. The van der Waals surface area contributed by atoms with E-state index in [-0.39, 0.29) is 5.69 Å². The molecule has 0 saturated carbocycles. The summed E-state index contributed by atoms with van der Waals surface area (Å²) in [6.07, 6.45) is -1.70. The average Bonchev–Trinajstić information content (AvgIpc) is 2.21. The Morgan fingerprint density at radius 3 is 2.53 bits per heavy atom. The van der Waals surface area contributed by atoms with E-state index in [4.69, 9.17) is 0 Å². The number of hydrogen-bond acceptors (Lipinski definition) is 5. The Hall–Kier alpha value is -1.38. The van der Waals surface area contributed by atoms with Crippen molar-refractivity contribution >= 4 is 40.2 Å². The maximum Gasteiger partial charge on any atom is 0.329 e. The lowest BCUT2D eigenvalue weighted by molar-refractivity contribution is -0.197. The number of cyclic esters (lactones) is 2. The van der Waals surface area contributed by atoms with E-state index in [1.54, 1.807) is 6.07 Å². The van der Waals surface area contributed by atoms with Crippen molar-refractivity contribution in [3.8, 4) is 0 Å². The zero-order valence-corrected chi connectivity index (χ0v) is 10.6. The molecule has 1 aliphatic heterocycles. The van der Waals surface area contributed by atoms with Crippen molar-refractivity contribution in [3.05, 3.63) is 27.6 Å². The second-order valence-electron chi connectivity index (χ2n) is 3.26. The van der Waals surface area contributed by atoms with Crippen molar-refractivity contribution in [1.29, 1.82) is 0 Å². The Kier molecular flexibility index (Phi) is 3.46. The van der Waals surface area contributed by atoms with E-state index in [9.17, 15) is 14.0 Å². The quantitative estimate of drug-likeness (QED) is 0.498. The molecule has 1 saturated heterocycles. The summed E-state index contributed by atoms with van der Waals surface area (Å²) in [7, 11) is 0. The van der Waals surface area contributed by atoms with Gasteiger partial charge in [-0.1, -0.05) is 0 Å². The summed E-state index contributed by atoms with van der Waals surface area (Å²) in [5, 5.41) is 2.47. The fourth-order valence-electron chi connectivity index (χ4n) is 1.26. The van der Waals surface area contributed by atoms with Crippen LogP contribution in [0.1, 0.15) is 6.42 Å². The van der Waals surface area contributed by atoms with Crippen LogP contribution in [0.2, 0.25) is 0 Å². The molecule has 1 aliphatic rings. The number of benzene rings is 1. The van der Waals surface area contributed by atoms with Gasteiger partial charge in [-0.2, -0.15) is 0 Å². The van der Waals surface area contributed by atoms with Crippen LogP contribution in [0.15, 0.2) is 18.2 Å². The third-order valence-electron chi connectivity index (χ3n) is 1.97. The maximum absolute atomic E-state index is 13.5. The number of nitrogens with one attached hydrogen (secondary N) is 1. The zero-order valence-electron chi connectivity index (χ0n) is 8.41. The minimum Gasteiger partial charge on any atom is -0.406 e. The number of esters is 2. The molecule has 17 heavy (non-hydrogen) atoms. The minimum atomic E-state index is -1.28. The van der Waals surface area contributed by atoms with Gasteiger partial charge in [-0.25, -0.2) is 4.39 Å². The van der Waals surface area contributed by atoms with Crippen LogP contribution in [0, 0.1) is 9.39 Å². The van der Waals surface area contributed by atoms with Gasteiger partial charge in [-0.15, -0.1) is 0 Å². The number of hydrogen-bond donors (Lipinski definition) is 1. The molecule has 2 rings (SSSR count). The van der Waals surface area contributed by atoms with E-state index in [1.165, 1.54) is 12.1 Å². The van der Waals surface area contributed by atoms with E-state index >= 15 is 0 Å². The number of carbonyl (C=O) groups excluding carboxylic acids is 2. The predicted molar refractivity (Wildman–Crippen MR) is 63.3 cm³/mol. The first-order valence-electron chi connectivity index (χ1n) is 4.65. The van der Waals surface area contributed by atoms with Crippen LogP contribution in [0.4, 0.5) is 10.1 Å². The standard InChI is InChI=1S/C10H7FINO4/c11-6-3-5(12)1-2-7(6)13-10-16-8(14)4-9(15)17-10/h1-3,10,13H,4H2. The van der Waals surface area contributed by atoms with Crippen molar-refractivity contribution < 1.29 is 23.5 Å². The molecule has 0 atom stereocenters. The molecule has 90 valence electrons. The molecule has 1 aromatic carbocycles. The fourth-order valence-corrected chi connectivity index (χ4v) is 1.71. The molecule has 7 heteroatoms. The second-order valence-corrected chi connectivity index (χ2v) is 4.50. The summed E-state index contributed by atoms with van der Waals surface area (Å²) < 4.78 is 23.5. The Balaban J connectivity index is 2.10. The van der Waals surface area contributed by atoms with Gasteiger partial charge in [0.05, 0.1) is 5.69 Å². The van der Waals surface area contributed by atoms with Crippen molar-refractivity contribution in [3.63, 3.8) is 0 Å². The largest absolute Gasteiger partial charge is 0.406 e. The number of ether oxygens (including phenoxy) is 2. The topological polar surface area (TPSA) is 64.6 Å². The number of carbonyl (C=O) groups is 2. The Bertz CT molecular complexity index is 463. The van der Waals surface area contributed by atoms with E-state index in [2.05, 4.69) is 14.8 Å². The molecule has 1 aromatic rings. The van der Waals surface area contributed by atoms with Crippen LogP contribution in [0.3, 0.4) is 0 Å². The summed E-state index contributed by atoms with van der Waals surface area (Å²) in [6.45, 7) is 0. The molecule has 1 fully saturated rings. The third kappa shape index (κ3) is 3.05. The summed E-state index contributed by atoms with van der Waals surface area (Å²) in [5.74, 6) is -1.93. The van der Waals surface area contributed by atoms with Crippen LogP contribution in [-0.4, -0.2) is 18.4 Å². The maximum atomic E-state index is 13.5. The molecule has 0 bridgehead atoms. The van der Waals surface area contributed by atoms with Crippen molar-refractivity contribution in [2.45, 2.75) is 12.8 Å². The first kappa shape index (κ1) is 12.1. The lowest BCUT2D eigenvalue weighted by atomic mass is 10.3. The van der Waals surface area contributed by atoms with Gasteiger partial charge < -0.3 is 14.8 Å². The predicted octanol–water partition coefficient (Wildman–Crippen LogP) is 1.62. The van der Waals surface area contributed by atoms with Crippen molar-refractivity contribution in [2.24, 2.45) is 0 Å². The van der Waals surface area contributed by atoms with Gasteiger partial charge in [0.15, 0.2) is 0 Å². The molecule has 0 amide bonds. The highest BCUT2D eigenvalue weighted by molar-refractivity contribution is 14.1. The molecular formula is C10H7FINO4. The van der Waals surface area contributed by atoms with Crippen LogP contribution in [0.25, 0.3) is 0 Å². The molecular weight excluding hydrogens is 344 g/mol. The molecule has 0 aromatic heterocycles. The number of rotatable bonds is 2. The summed E-state index contributed by atoms with van der Waals surface area (Å²) in [6, 6.07) is 4.43. The van der Waals surface area contributed by atoms with Crippen molar-refractivity contribution in [1.82, 2.24) is 0 Å². The van der Waals surface area contributed by atoms with Gasteiger partial charge in [-0.3, -0.25) is 9.59 Å². The Morgan fingerprint density at radius 1 is 1.29 bits per heavy atom. The van der Waals surface area contributed by atoms with Crippen LogP contribution < -0.4 is 5.32 Å². The van der Waals surface area contributed by atoms with Crippen molar-refractivity contribution in [2.75, 3.05) is 5.32 Å². The normalized spacial score (nSPS) is 16.4. The Labute approximate surface area is 109 Å². The average molecular weight is 351 g/mol. The molecule has 5 nitrogen and oxygen atoms in total. The first-order valence-corrected chi connectivity index (χ1v) is 5.73. The second kappa shape index (κ2) is 4.86. The molecule has 0 radical (unpaired) electrons. The van der Waals surface area contributed by atoms with E-state index in [1.807, 2.05) is 22.6 Å². The fraction of sp³-hybridized carbons (Fsp3) is 0.200. The Morgan fingerprint density at radius 2 is 1.94 bits per heavy atom. The highest BCUT2D eigenvalue weighted by Gasteiger charge is 2.28. The molecule has 0 aliphatic carbocycles. The van der Waals surface area contributed by atoms with Gasteiger partial charge >= 0.3 is 18.4 Å². The molecule has 0 unspecified atom stereocenters. The highest BCUT2D eigenvalue weighted by atomic mass is 127. The van der Waals surface area contributed by atoms with Gasteiger partial charge in [0.25, 0.3) is 0 Å². The molecule has 1 N–H and O–H groups in total. The van der Waals surface area contributed by atoms with E-state index < -0.39 is 30.6 Å². The number of anilines is 1. The van der Waals surface area contributed by atoms with E-state index in [0.717, 1.165) is 3.57 Å². The SMILES string of the molecule is O=C1CC(=O)OC(Nc2ccc(I)cc2F)O1. The van der Waals surface area contributed by atoms with Gasteiger partial charge in [0.1, 0.15) is 12.2 Å². The zero-order chi connectivity index (χ0) is 12.4. The lowest BCUT2D eigenvalue weighted by Gasteiger charge is -2.23. The summed E-state index contributed by atoms with van der Waals surface area (Å²) in [4.78, 5) is 21.9. The third-order valence-corrected chi connectivity index (χ3v) is 2.64. The smallest absolute Gasteiger partial charge is 0.329 e. The van der Waals surface area contributed by atoms with Gasteiger partial charge in [0, 0.05) is 3.57 Å². The molecule has 1 heterocycles. The summed E-state index contributed by atoms with van der Waals surface area (Å²) in [5.41, 5.74) is 0.0953. The number of halogens is 2. The van der Waals surface area contributed by atoms with Crippen LogP contribution in [-0.2, 0) is 19.1 Å². The summed E-state index contributed by atoms with van der Waals surface area (Å²) >= 11 is 1.96. The van der Waals surface area contributed by atoms with Crippen LogP contribution >= 0.6 is 22.6 Å². The monoisotopic (exact) mass is 351 g/mol. The van der Waals surface area contributed by atoms with E-state index in [0.29, 0.717) is 0 Å². The van der Waals surface area contributed by atoms with Gasteiger partial charge in [-0.05, 0) is 40.8 Å². The van der Waals surface area contributed by atoms with Crippen LogP contribution in [0.5, 0.6) is 0 Å². The van der Waals surface area contributed by atoms with Gasteiger partial charge in [0.2, 0.25) is 0 Å².